The van der Waals surface area contributed by atoms with Crippen molar-refractivity contribution in [2.45, 2.75) is 31.3 Å². The number of rotatable bonds is 2. The monoisotopic (exact) mass is 293 g/mol. The highest BCUT2D eigenvalue weighted by molar-refractivity contribution is 5.65. The van der Waals surface area contributed by atoms with Gasteiger partial charge in [0.15, 0.2) is 6.29 Å². The van der Waals surface area contributed by atoms with Crippen molar-refractivity contribution >= 4 is 6.09 Å². The lowest BCUT2D eigenvalue weighted by Crippen LogP contribution is -2.56. The Bertz CT molecular complexity index is 503. The van der Waals surface area contributed by atoms with Crippen LogP contribution < -0.4 is 4.74 Å². The van der Waals surface area contributed by atoms with Crippen LogP contribution in [0.5, 0.6) is 5.75 Å². The van der Waals surface area contributed by atoms with Crippen LogP contribution in [0, 0.1) is 0 Å². The second-order valence-electron chi connectivity index (χ2n) is 5.30. The van der Waals surface area contributed by atoms with Gasteiger partial charge in [0, 0.05) is 12.1 Å². The molecule has 6 heteroatoms. The second-order valence-corrected chi connectivity index (χ2v) is 5.30. The zero-order valence-electron chi connectivity index (χ0n) is 11.9. The number of fused-ring (bicyclic) bond motifs is 1. The molecule has 2 saturated heterocycles. The van der Waals surface area contributed by atoms with Crippen LogP contribution in [-0.2, 0) is 9.47 Å². The van der Waals surface area contributed by atoms with Gasteiger partial charge in [-0.05, 0) is 25.0 Å². The maximum absolute atomic E-state index is 11.2. The number of carboxylic acid groups (broad SMARTS) is 1. The first-order chi connectivity index (χ1) is 10.2. The third-order valence-corrected chi connectivity index (χ3v) is 4.07. The standard InChI is InChI=1S/C15H19NO5/c1-19-11-6-4-10(5-7-11)14-20-9-12-13(21-14)3-2-8-16(12)15(17)18/h4-7,12-14H,2-3,8-9H2,1H3,(H,17,18)/t12-,13-,14-/m1/s1. The van der Waals surface area contributed by atoms with Crippen molar-refractivity contribution in [3.8, 4) is 5.75 Å². The van der Waals surface area contributed by atoms with Crippen LogP contribution in [0.4, 0.5) is 4.79 Å². The Labute approximate surface area is 123 Å². The molecule has 1 aromatic rings. The summed E-state index contributed by atoms with van der Waals surface area (Å²) in [4.78, 5) is 12.7. The highest BCUT2D eigenvalue weighted by Gasteiger charge is 2.40. The van der Waals surface area contributed by atoms with E-state index in [0.717, 1.165) is 24.2 Å². The fraction of sp³-hybridized carbons (Fsp3) is 0.533. The van der Waals surface area contributed by atoms with Crippen molar-refractivity contribution in [2.75, 3.05) is 20.3 Å². The van der Waals surface area contributed by atoms with E-state index >= 15 is 0 Å². The second kappa shape index (κ2) is 5.91. The van der Waals surface area contributed by atoms with Crippen molar-refractivity contribution in [3.63, 3.8) is 0 Å². The molecule has 2 aliphatic rings. The average Bonchev–Trinajstić information content (AvgIpc) is 2.53. The van der Waals surface area contributed by atoms with E-state index in [1.165, 1.54) is 4.90 Å². The van der Waals surface area contributed by atoms with E-state index in [1.54, 1.807) is 7.11 Å². The fourth-order valence-electron chi connectivity index (χ4n) is 2.94. The summed E-state index contributed by atoms with van der Waals surface area (Å²) in [5.41, 5.74) is 0.918. The summed E-state index contributed by atoms with van der Waals surface area (Å²) in [6.45, 7) is 0.921. The molecule has 21 heavy (non-hydrogen) atoms. The van der Waals surface area contributed by atoms with Gasteiger partial charge in [-0.1, -0.05) is 12.1 Å². The maximum atomic E-state index is 11.2. The summed E-state index contributed by atoms with van der Waals surface area (Å²) in [5, 5.41) is 9.22. The smallest absolute Gasteiger partial charge is 0.407 e. The molecule has 0 unspecified atom stereocenters. The number of nitrogens with zero attached hydrogens (tertiary/aromatic N) is 1. The first-order valence-electron chi connectivity index (χ1n) is 7.09. The van der Waals surface area contributed by atoms with Gasteiger partial charge < -0.3 is 24.2 Å². The largest absolute Gasteiger partial charge is 0.497 e. The molecule has 2 heterocycles. The van der Waals surface area contributed by atoms with Crippen LogP contribution in [0.15, 0.2) is 24.3 Å². The first kappa shape index (κ1) is 14.2. The van der Waals surface area contributed by atoms with Crippen LogP contribution in [0.3, 0.4) is 0 Å². The Balaban J connectivity index is 1.70. The third-order valence-electron chi connectivity index (χ3n) is 4.07. The predicted molar refractivity (Wildman–Crippen MR) is 74.3 cm³/mol. The molecule has 2 aliphatic heterocycles. The van der Waals surface area contributed by atoms with Gasteiger partial charge in [0.1, 0.15) is 5.75 Å². The van der Waals surface area contributed by atoms with Crippen molar-refractivity contribution in [2.24, 2.45) is 0 Å². The maximum Gasteiger partial charge on any atom is 0.407 e. The number of ether oxygens (including phenoxy) is 3. The molecule has 0 aliphatic carbocycles. The van der Waals surface area contributed by atoms with Crippen LogP contribution in [-0.4, -0.2) is 48.5 Å². The highest BCUT2D eigenvalue weighted by Crippen LogP contribution is 2.33. The quantitative estimate of drug-likeness (QED) is 0.905. The van der Waals surface area contributed by atoms with E-state index in [0.29, 0.717) is 13.2 Å². The molecule has 3 rings (SSSR count). The van der Waals surface area contributed by atoms with Gasteiger partial charge in [0.25, 0.3) is 0 Å². The lowest BCUT2D eigenvalue weighted by molar-refractivity contribution is -0.249. The van der Waals surface area contributed by atoms with Gasteiger partial charge in [0.05, 0.1) is 25.9 Å². The summed E-state index contributed by atoms with van der Waals surface area (Å²) in [6, 6.07) is 7.33. The number of likely N-dealkylation sites (tertiary alicyclic amines) is 1. The Kier molecular flexibility index (Phi) is 3.98. The van der Waals surface area contributed by atoms with Crippen LogP contribution >= 0.6 is 0 Å². The topological polar surface area (TPSA) is 68.2 Å². The molecule has 0 radical (unpaired) electrons. The van der Waals surface area contributed by atoms with Crippen LogP contribution in [0.1, 0.15) is 24.7 Å². The van der Waals surface area contributed by atoms with Gasteiger partial charge in [0.2, 0.25) is 0 Å². The number of carbonyl (C=O) groups is 1. The first-order valence-corrected chi connectivity index (χ1v) is 7.09. The van der Waals surface area contributed by atoms with E-state index in [1.807, 2.05) is 24.3 Å². The van der Waals surface area contributed by atoms with Crippen molar-refractivity contribution in [3.05, 3.63) is 29.8 Å². The summed E-state index contributed by atoms with van der Waals surface area (Å²) < 4.78 is 16.8. The van der Waals surface area contributed by atoms with E-state index < -0.39 is 12.4 Å². The molecule has 0 aromatic heterocycles. The van der Waals surface area contributed by atoms with Crippen LogP contribution in [0.2, 0.25) is 0 Å². The lowest BCUT2D eigenvalue weighted by Gasteiger charge is -2.44. The number of methoxy groups -OCH3 is 1. The molecule has 0 saturated carbocycles. The zero-order chi connectivity index (χ0) is 14.8. The van der Waals surface area contributed by atoms with Gasteiger partial charge in [-0.25, -0.2) is 4.79 Å². The minimum absolute atomic E-state index is 0.101. The van der Waals surface area contributed by atoms with E-state index in [9.17, 15) is 9.90 Å². The van der Waals surface area contributed by atoms with E-state index in [-0.39, 0.29) is 12.1 Å². The molecule has 0 spiro atoms. The predicted octanol–water partition coefficient (Wildman–Crippen LogP) is 2.25. The molecule has 1 N–H and O–H groups in total. The molecular formula is C15H19NO5. The lowest BCUT2D eigenvalue weighted by atomic mass is 9.98. The summed E-state index contributed by atoms with van der Waals surface area (Å²) in [7, 11) is 1.62. The molecule has 1 amide bonds. The van der Waals surface area contributed by atoms with Gasteiger partial charge >= 0.3 is 6.09 Å². The molecule has 6 nitrogen and oxygen atoms in total. The number of hydrogen-bond acceptors (Lipinski definition) is 4. The Morgan fingerprint density at radius 3 is 2.81 bits per heavy atom. The van der Waals surface area contributed by atoms with E-state index in [4.69, 9.17) is 14.2 Å². The molecule has 2 fully saturated rings. The molecule has 3 atom stereocenters. The number of benzene rings is 1. The van der Waals surface area contributed by atoms with Gasteiger partial charge in [-0.3, -0.25) is 0 Å². The highest BCUT2D eigenvalue weighted by atomic mass is 16.7. The molecule has 114 valence electrons. The van der Waals surface area contributed by atoms with Crippen molar-refractivity contribution in [1.29, 1.82) is 0 Å². The summed E-state index contributed by atoms with van der Waals surface area (Å²) >= 11 is 0. The molecule has 1 aromatic carbocycles. The molecule has 0 bridgehead atoms. The Hall–Kier alpha value is -1.79. The minimum Gasteiger partial charge on any atom is -0.497 e. The summed E-state index contributed by atoms with van der Waals surface area (Å²) in [5.74, 6) is 0.780. The molecular weight excluding hydrogens is 274 g/mol. The Morgan fingerprint density at radius 1 is 1.38 bits per heavy atom. The SMILES string of the molecule is COc1ccc([C@@H]2OC[C@@H]3[C@@H](CCCN3C(=O)O)O2)cc1. The number of hydrogen-bond donors (Lipinski definition) is 1. The Morgan fingerprint density at radius 2 is 2.14 bits per heavy atom. The van der Waals surface area contributed by atoms with E-state index in [2.05, 4.69) is 0 Å². The number of amides is 1. The van der Waals surface area contributed by atoms with Crippen LogP contribution in [0.25, 0.3) is 0 Å². The third kappa shape index (κ3) is 2.82. The van der Waals surface area contributed by atoms with Crippen molar-refractivity contribution < 1.29 is 24.1 Å². The summed E-state index contributed by atoms with van der Waals surface area (Å²) in [6.07, 6.45) is 0.245. The fourth-order valence-corrected chi connectivity index (χ4v) is 2.94. The minimum atomic E-state index is -0.903. The van der Waals surface area contributed by atoms with Gasteiger partial charge in [-0.15, -0.1) is 0 Å². The van der Waals surface area contributed by atoms with Crippen molar-refractivity contribution in [1.82, 2.24) is 4.90 Å². The van der Waals surface area contributed by atoms with Gasteiger partial charge in [-0.2, -0.15) is 0 Å². The normalized spacial score (nSPS) is 28.8. The average molecular weight is 293 g/mol. The number of piperidine rings is 1. The zero-order valence-corrected chi connectivity index (χ0v) is 11.9.